The zero-order valence-corrected chi connectivity index (χ0v) is 19.8. The van der Waals surface area contributed by atoms with E-state index in [1.807, 2.05) is 0 Å². The van der Waals surface area contributed by atoms with Crippen molar-refractivity contribution in [2.75, 3.05) is 42.6 Å². The second-order valence-electron chi connectivity index (χ2n) is 9.62. The minimum Gasteiger partial charge on any atom is -0.395 e. The Morgan fingerprint density at radius 2 is 1.91 bits per heavy atom. The van der Waals surface area contributed by atoms with E-state index >= 15 is 0 Å². The number of fused-ring (bicyclic) bond motifs is 2. The molecule has 0 unspecified atom stereocenters. The van der Waals surface area contributed by atoms with Crippen molar-refractivity contribution in [3.63, 3.8) is 0 Å². The van der Waals surface area contributed by atoms with Crippen LogP contribution in [0.15, 0.2) is 48.7 Å². The predicted molar refractivity (Wildman–Crippen MR) is 135 cm³/mol. The fraction of sp³-hybridized carbons (Fsp3) is 0.407. The van der Waals surface area contributed by atoms with Gasteiger partial charge in [-0.2, -0.15) is 5.26 Å². The summed E-state index contributed by atoms with van der Waals surface area (Å²) in [7, 11) is 0. The first-order valence-electron chi connectivity index (χ1n) is 11.7. The number of aliphatic hydroxyl groups excluding tert-OH is 1. The predicted octanol–water partition coefficient (Wildman–Crippen LogP) is 3.86. The van der Waals surface area contributed by atoms with Crippen LogP contribution in [0.1, 0.15) is 37.5 Å². The van der Waals surface area contributed by atoms with Crippen molar-refractivity contribution < 1.29 is 5.11 Å². The Morgan fingerprint density at radius 1 is 1.12 bits per heavy atom. The molecule has 33 heavy (non-hydrogen) atoms. The van der Waals surface area contributed by atoms with Gasteiger partial charge in [0, 0.05) is 61.1 Å². The molecular formula is C27H33N5O. The lowest BCUT2D eigenvalue weighted by atomic mass is 9.95. The molecule has 0 saturated carbocycles. The average Bonchev–Trinajstić information content (AvgIpc) is 2.81. The summed E-state index contributed by atoms with van der Waals surface area (Å²) in [6, 6.07) is 17.2. The summed E-state index contributed by atoms with van der Waals surface area (Å²) in [4.78, 5) is 9.20. The van der Waals surface area contributed by atoms with Crippen LogP contribution in [0.3, 0.4) is 0 Å². The number of anilines is 2. The number of pyridine rings is 1. The molecule has 0 atom stereocenters. The smallest absolute Gasteiger partial charge is 0.132 e. The molecule has 4 rings (SSSR count). The number of nitrogens with one attached hydrogen (secondary N) is 1. The van der Waals surface area contributed by atoms with Crippen molar-refractivity contribution in [2.24, 2.45) is 0 Å². The second kappa shape index (κ2) is 9.78. The van der Waals surface area contributed by atoms with Crippen LogP contribution >= 0.6 is 0 Å². The molecule has 0 radical (unpaired) electrons. The molecule has 1 aliphatic rings. The molecule has 2 aromatic carbocycles. The quantitative estimate of drug-likeness (QED) is 0.578. The Labute approximate surface area is 196 Å². The number of rotatable bonds is 7. The molecule has 0 aliphatic carbocycles. The maximum Gasteiger partial charge on any atom is 0.132 e. The number of hydrogen-bond donors (Lipinski definition) is 2. The van der Waals surface area contributed by atoms with Gasteiger partial charge >= 0.3 is 0 Å². The molecule has 172 valence electrons. The summed E-state index contributed by atoms with van der Waals surface area (Å²) in [5.41, 5.74) is 4.04. The van der Waals surface area contributed by atoms with Crippen LogP contribution in [0.5, 0.6) is 0 Å². The van der Waals surface area contributed by atoms with Crippen LogP contribution in [0.2, 0.25) is 0 Å². The van der Waals surface area contributed by atoms with Gasteiger partial charge < -0.3 is 20.2 Å². The van der Waals surface area contributed by atoms with Crippen molar-refractivity contribution in [3.8, 4) is 6.07 Å². The Balaban J connectivity index is 1.66. The van der Waals surface area contributed by atoms with Gasteiger partial charge in [0.05, 0.1) is 12.2 Å². The zero-order chi connectivity index (χ0) is 23.4. The highest BCUT2D eigenvalue weighted by Gasteiger charge is 2.26. The third-order valence-electron chi connectivity index (χ3n) is 6.19. The largest absolute Gasteiger partial charge is 0.395 e. The molecule has 1 aromatic heterocycles. The van der Waals surface area contributed by atoms with Gasteiger partial charge in [-0.3, -0.25) is 0 Å². The van der Waals surface area contributed by atoms with Crippen molar-refractivity contribution in [1.82, 2.24) is 10.3 Å². The first-order chi connectivity index (χ1) is 15.9. The summed E-state index contributed by atoms with van der Waals surface area (Å²) < 4.78 is 0. The maximum atomic E-state index is 9.81. The van der Waals surface area contributed by atoms with Crippen molar-refractivity contribution >= 4 is 22.3 Å². The normalized spacial score (nSPS) is 13.6. The standard InChI is InChI=1S/C27H33N5O/c1-27(2,3)30-12-14-31(15-16-33)26-23-11-13-32(19-24(23)21(17-28)18-29-26)25-10-6-8-20-7-4-5-9-22(20)25/h4-10,18,30,33H,11-16,19H2,1-3H3. The first kappa shape index (κ1) is 23.0. The Hall–Kier alpha value is -3.14. The van der Waals surface area contributed by atoms with Gasteiger partial charge in [0.25, 0.3) is 0 Å². The molecule has 2 heterocycles. The van der Waals surface area contributed by atoms with Gasteiger partial charge in [-0.1, -0.05) is 36.4 Å². The fourth-order valence-corrected chi connectivity index (χ4v) is 4.61. The third-order valence-corrected chi connectivity index (χ3v) is 6.19. The molecule has 0 amide bonds. The number of nitriles is 1. The van der Waals surface area contributed by atoms with E-state index in [0.717, 1.165) is 43.0 Å². The minimum atomic E-state index is 0.0291. The summed E-state index contributed by atoms with van der Waals surface area (Å²) >= 11 is 0. The third kappa shape index (κ3) is 5.11. The molecule has 0 saturated heterocycles. The Morgan fingerprint density at radius 3 is 2.67 bits per heavy atom. The van der Waals surface area contributed by atoms with Gasteiger partial charge in [0.1, 0.15) is 11.9 Å². The number of aliphatic hydroxyl groups is 1. The van der Waals surface area contributed by atoms with Gasteiger partial charge in [0.15, 0.2) is 0 Å². The number of aromatic nitrogens is 1. The number of hydrogen-bond acceptors (Lipinski definition) is 6. The van der Waals surface area contributed by atoms with Crippen molar-refractivity contribution in [3.05, 3.63) is 65.4 Å². The molecule has 3 aromatic rings. The Bertz CT molecular complexity index is 1160. The molecular weight excluding hydrogens is 410 g/mol. The van der Waals surface area contributed by atoms with Crippen molar-refractivity contribution in [2.45, 2.75) is 39.3 Å². The van der Waals surface area contributed by atoms with Crippen LogP contribution < -0.4 is 15.1 Å². The van der Waals surface area contributed by atoms with Gasteiger partial charge in [-0.05, 0) is 44.2 Å². The monoisotopic (exact) mass is 443 g/mol. The average molecular weight is 444 g/mol. The molecule has 6 heteroatoms. The second-order valence-corrected chi connectivity index (χ2v) is 9.62. The zero-order valence-electron chi connectivity index (χ0n) is 19.8. The number of benzene rings is 2. The molecule has 0 bridgehead atoms. The molecule has 0 fully saturated rings. The van der Waals surface area contributed by atoms with E-state index in [1.54, 1.807) is 6.20 Å². The lowest BCUT2D eigenvalue weighted by Crippen LogP contribution is -2.43. The highest BCUT2D eigenvalue weighted by Crippen LogP contribution is 2.34. The highest BCUT2D eigenvalue weighted by molar-refractivity contribution is 5.94. The SMILES string of the molecule is CC(C)(C)NCCN(CCO)c1ncc(C#N)c2c1CCN(c1cccc3ccccc13)C2. The van der Waals surface area contributed by atoms with E-state index in [9.17, 15) is 10.4 Å². The summed E-state index contributed by atoms with van der Waals surface area (Å²) in [5.74, 6) is 0.895. The first-order valence-corrected chi connectivity index (χ1v) is 11.7. The van der Waals surface area contributed by atoms with Crippen LogP contribution in [0, 0.1) is 11.3 Å². The van der Waals surface area contributed by atoms with Crippen LogP contribution in [-0.2, 0) is 13.0 Å². The topological polar surface area (TPSA) is 75.4 Å². The van der Waals surface area contributed by atoms with E-state index in [4.69, 9.17) is 4.98 Å². The Kier molecular flexibility index (Phi) is 6.83. The van der Waals surface area contributed by atoms with E-state index in [1.165, 1.54) is 16.5 Å². The highest BCUT2D eigenvalue weighted by atomic mass is 16.3. The van der Waals surface area contributed by atoms with E-state index in [-0.39, 0.29) is 12.1 Å². The molecule has 6 nitrogen and oxygen atoms in total. The van der Waals surface area contributed by atoms with Crippen LogP contribution in [0.25, 0.3) is 10.8 Å². The lowest BCUT2D eigenvalue weighted by molar-refractivity contribution is 0.300. The molecule has 1 aliphatic heterocycles. The van der Waals surface area contributed by atoms with E-state index in [2.05, 4.69) is 84.4 Å². The van der Waals surface area contributed by atoms with Gasteiger partial charge in [-0.15, -0.1) is 0 Å². The maximum absolute atomic E-state index is 9.81. The summed E-state index contributed by atoms with van der Waals surface area (Å²) in [5, 5.41) is 25.5. The fourth-order valence-electron chi connectivity index (χ4n) is 4.61. The summed E-state index contributed by atoms with van der Waals surface area (Å²) in [6.07, 6.45) is 2.51. The summed E-state index contributed by atoms with van der Waals surface area (Å²) in [6.45, 7) is 10.1. The molecule has 2 N–H and O–H groups in total. The van der Waals surface area contributed by atoms with Crippen molar-refractivity contribution in [1.29, 1.82) is 5.26 Å². The van der Waals surface area contributed by atoms with Gasteiger partial charge in [-0.25, -0.2) is 4.98 Å². The van der Waals surface area contributed by atoms with Crippen LogP contribution in [-0.4, -0.2) is 48.4 Å². The van der Waals surface area contributed by atoms with E-state index in [0.29, 0.717) is 18.7 Å². The van der Waals surface area contributed by atoms with Crippen LogP contribution in [0.4, 0.5) is 11.5 Å². The number of nitrogens with zero attached hydrogens (tertiary/aromatic N) is 4. The minimum absolute atomic E-state index is 0.0291. The van der Waals surface area contributed by atoms with Gasteiger partial charge in [0.2, 0.25) is 0 Å². The van der Waals surface area contributed by atoms with E-state index < -0.39 is 0 Å². The lowest BCUT2D eigenvalue weighted by Gasteiger charge is -2.35. The molecule has 0 spiro atoms.